The standard InChI is InChI=1S/C33H42F3N5O5S2/c1-32(40-18-13-25(14-19-40)47(3,42)43)15-11-23(12-16-32)39-28-7-4-8-30-27(28)20-24(41(30)22-33(34,35)36)6-5-17-38-29-10-9-26(48(37,44)45)21-31(29)46-2/h4,7-10,20-21,23,25,38-39H,11-19,22H2,1-3H3,(H2,37,44,45). The van der Waals surface area contributed by atoms with E-state index in [-0.39, 0.29) is 39.7 Å². The van der Waals surface area contributed by atoms with Gasteiger partial charge in [0.1, 0.15) is 22.1 Å². The molecule has 1 saturated heterocycles. The molecule has 2 heterocycles. The summed E-state index contributed by atoms with van der Waals surface area (Å²) in [5.41, 5.74) is 1.81. The number of nitrogens with zero attached hydrogens (tertiary/aromatic N) is 2. The van der Waals surface area contributed by atoms with E-state index < -0.39 is 32.6 Å². The quantitative estimate of drug-likeness (QED) is 0.266. The van der Waals surface area contributed by atoms with Crippen molar-refractivity contribution in [3.63, 3.8) is 0 Å². The molecule has 15 heteroatoms. The molecule has 0 spiro atoms. The van der Waals surface area contributed by atoms with Crippen LogP contribution in [0.25, 0.3) is 10.9 Å². The number of rotatable bonds is 9. The Labute approximate surface area is 280 Å². The van der Waals surface area contributed by atoms with Crippen LogP contribution >= 0.6 is 0 Å². The topological polar surface area (TPSA) is 136 Å². The predicted octanol–water partition coefficient (Wildman–Crippen LogP) is 4.95. The number of sulfonamides is 1. The van der Waals surface area contributed by atoms with Gasteiger partial charge in [-0.05, 0) is 94.8 Å². The summed E-state index contributed by atoms with van der Waals surface area (Å²) in [7, 11) is -5.59. The van der Waals surface area contributed by atoms with E-state index in [9.17, 15) is 30.0 Å². The maximum absolute atomic E-state index is 13.7. The van der Waals surface area contributed by atoms with Crippen LogP contribution in [0.2, 0.25) is 0 Å². The summed E-state index contributed by atoms with van der Waals surface area (Å²) in [4.78, 5) is 2.31. The number of benzene rings is 2. The third kappa shape index (κ3) is 8.39. The first-order valence-electron chi connectivity index (χ1n) is 15.8. The summed E-state index contributed by atoms with van der Waals surface area (Å²) >= 11 is 0. The zero-order chi connectivity index (χ0) is 34.9. The molecule has 262 valence electrons. The molecule has 10 nitrogen and oxygen atoms in total. The Bertz CT molecular complexity index is 1920. The van der Waals surface area contributed by atoms with Gasteiger partial charge in [0, 0.05) is 35.0 Å². The number of piperidine rings is 1. The van der Waals surface area contributed by atoms with Gasteiger partial charge in [-0.1, -0.05) is 12.0 Å². The number of nitrogens with one attached hydrogen (secondary N) is 2. The van der Waals surface area contributed by atoms with Crippen molar-refractivity contribution >= 4 is 42.1 Å². The molecule has 0 radical (unpaired) electrons. The van der Waals surface area contributed by atoms with Crippen LogP contribution in [-0.2, 0) is 26.4 Å². The second-order valence-electron chi connectivity index (χ2n) is 13.0. The monoisotopic (exact) mass is 709 g/mol. The Balaban J connectivity index is 1.30. The highest BCUT2D eigenvalue weighted by Crippen LogP contribution is 2.38. The number of fused-ring (bicyclic) bond motifs is 1. The fourth-order valence-electron chi connectivity index (χ4n) is 6.88. The highest BCUT2D eigenvalue weighted by Gasteiger charge is 2.39. The molecule has 48 heavy (non-hydrogen) atoms. The normalized spacial score (nSPS) is 21.4. The average molecular weight is 710 g/mol. The van der Waals surface area contributed by atoms with Gasteiger partial charge in [-0.15, -0.1) is 0 Å². The van der Waals surface area contributed by atoms with Gasteiger partial charge in [0.25, 0.3) is 0 Å². The number of sulfone groups is 1. The Morgan fingerprint density at radius 3 is 2.31 bits per heavy atom. The maximum atomic E-state index is 13.7. The van der Waals surface area contributed by atoms with Gasteiger partial charge in [-0.25, -0.2) is 22.0 Å². The maximum Gasteiger partial charge on any atom is 0.406 e. The lowest BCUT2D eigenvalue weighted by Gasteiger charge is -2.48. The number of anilines is 2. The van der Waals surface area contributed by atoms with Crippen molar-refractivity contribution in [3.05, 3.63) is 48.2 Å². The molecular formula is C33H42F3N5O5S2. The summed E-state index contributed by atoms with van der Waals surface area (Å²) in [6.07, 6.45) is 1.76. The Kier molecular flexibility index (Phi) is 10.3. The van der Waals surface area contributed by atoms with Crippen LogP contribution in [0.4, 0.5) is 24.5 Å². The van der Waals surface area contributed by atoms with Crippen molar-refractivity contribution in [3.8, 4) is 17.6 Å². The fraction of sp³-hybridized carbons (Fsp3) is 0.515. The van der Waals surface area contributed by atoms with E-state index in [0.717, 1.165) is 44.5 Å². The molecule has 0 atom stereocenters. The number of ether oxygens (including phenoxy) is 1. The number of hydrogen-bond donors (Lipinski definition) is 3. The number of primary sulfonamides is 1. The van der Waals surface area contributed by atoms with Gasteiger partial charge < -0.3 is 19.9 Å². The van der Waals surface area contributed by atoms with Crippen molar-refractivity contribution in [2.24, 2.45) is 5.14 Å². The second-order valence-corrected chi connectivity index (χ2v) is 16.9. The van der Waals surface area contributed by atoms with Crippen LogP contribution in [0.15, 0.2) is 47.4 Å². The third-order valence-corrected chi connectivity index (χ3v) is 12.2. The molecule has 2 fully saturated rings. The minimum Gasteiger partial charge on any atom is -0.495 e. The Morgan fingerprint density at radius 1 is 1.02 bits per heavy atom. The van der Waals surface area contributed by atoms with E-state index in [2.05, 4.69) is 34.3 Å². The number of methoxy groups -OCH3 is 1. The molecule has 2 aromatic carbocycles. The molecule has 1 aromatic heterocycles. The van der Waals surface area contributed by atoms with Crippen LogP contribution in [0.3, 0.4) is 0 Å². The molecule has 2 aliphatic rings. The smallest absolute Gasteiger partial charge is 0.406 e. The summed E-state index contributed by atoms with van der Waals surface area (Å²) < 4.78 is 94.9. The predicted molar refractivity (Wildman–Crippen MR) is 181 cm³/mol. The molecule has 5 rings (SSSR count). The van der Waals surface area contributed by atoms with Crippen molar-refractivity contribution < 1.29 is 34.7 Å². The first-order valence-corrected chi connectivity index (χ1v) is 19.3. The SMILES string of the molecule is COc1cc(S(N)(=O)=O)ccc1NCC#Cc1cc2c(NC3CCC(C)(N4CCC(S(C)(=O)=O)CC4)CC3)cccc2n1CC(F)(F)F. The molecule has 1 saturated carbocycles. The van der Waals surface area contributed by atoms with E-state index in [1.165, 1.54) is 36.1 Å². The van der Waals surface area contributed by atoms with Crippen molar-refractivity contribution in [1.29, 1.82) is 0 Å². The van der Waals surface area contributed by atoms with Crippen LogP contribution < -0.4 is 20.5 Å². The molecular weight excluding hydrogens is 668 g/mol. The van der Waals surface area contributed by atoms with Gasteiger partial charge in [0.15, 0.2) is 0 Å². The summed E-state index contributed by atoms with van der Waals surface area (Å²) in [5, 5.41) is 12.2. The van der Waals surface area contributed by atoms with Crippen LogP contribution in [0, 0.1) is 11.8 Å². The molecule has 4 N–H and O–H groups in total. The van der Waals surface area contributed by atoms with E-state index in [1.54, 1.807) is 18.2 Å². The van der Waals surface area contributed by atoms with E-state index in [4.69, 9.17) is 9.88 Å². The number of hydrogen-bond acceptors (Lipinski definition) is 8. The number of aromatic nitrogens is 1. The fourth-order valence-corrected chi connectivity index (χ4v) is 8.47. The molecule has 0 unspecified atom stereocenters. The molecule has 1 aliphatic heterocycles. The van der Waals surface area contributed by atoms with Crippen molar-refractivity contribution in [2.45, 2.75) is 79.9 Å². The zero-order valence-electron chi connectivity index (χ0n) is 27.2. The minimum absolute atomic E-state index is 0.0202. The van der Waals surface area contributed by atoms with Gasteiger partial charge in [0.2, 0.25) is 10.0 Å². The molecule has 0 amide bonds. The average Bonchev–Trinajstić information content (AvgIpc) is 3.36. The van der Waals surface area contributed by atoms with Crippen molar-refractivity contribution in [1.82, 2.24) is 9.47 Å². The lowest BCUT2D eigenvalue weighted by Crippen LogP contribution is -2.54. The van der Waals surface area contributed by atoms with Gasteiger partial charge in [-0.3, -0.25) is 4.90 Å². The number of halogens is 3. The summed E-state index contributed by atoms with van der Waals surface area (Å²) in [6, 6.07) is 11.2. The highest BCUT2D eigenvalue weighted by atomic mass is 32.2. The molecule has 0 bridgehead atoms. The zero-order valence-corrected chi connectivity index (χ0v) is 28.9. The van der Waals surface area contributed by atoms with Crippen molar-refractivity contribution in [2.75, 3.05) is 43.6 Å². The molecule has 1 aliphatic carbocycles. The first kappa shape index (κ1) is 35.8. The summed E-state index contributed by atoms with van der Waals surface area (Å²) in [5.74, 6) is 5.99. The second kappa shape index (κ2) is 13.8. The van der Waals surface area contributed by atoms with Gasteiger partial charge in [0.05, 0.1) is 40.7 Å². The lowest BCUT2D eigenvalue weighted by atomic mass is 9.78. The highest BCUT2D eigenvalue weighted by molar-refractivity contribution is 7.91. The van der Waals surface area contributed by atoms with Gasteiger partial charge >= 0.3 is 6.18 Å². The summed E-state index contributed by atoms with van der Waals surface area (Å²) in [6.45, 7) is 2.62. The Morgan fingerprint density at radius 2 is 1.71 bits per heavy atom. The van der Waals surface area contributed by atoms with Crippen LogP contribution in [0.1, 0.15) is 51.1 Å². The van der Waals surface area contributed by atoms with E-state index in [0.29, 0.717) is 29.4 Å². The third-order valence-electron chi connectivity index (χ3n) is 9.60. The lowest BCUT2D eigenvalue weighted by molar-refractivity contribution is -0.140. The largest absolute Gasteiger partial charge is 0.495 e. The molecule has 3 aromatic rings. The first-order chi connectivity index (χ1) is 22.5. The van der Waals surface area contributed by atoms with E-state index >= 15 is 0 Å². The van der Waals surface area contributed by atoms with Crippen LogP contribution in [-0.4, -0.2) is 82.3 Å². The minimum atomic E-state index is -4.47. The van der Waals surface area contributed by atoms with Gasteiger partial charge in [-0.2, -0.15) is 13.2 Å². The Hall–Kier alpha value is -3.45. The van der Waals surface area contributed by atoms with Crippen LogP contribution in [0.5, 0.6) is 5.75 Å². The number of alkyl halides is 3. The number of nitrogens with two attached hydrogens (primary N) is 1. The number of likely N-dealkylation sites (tertiary alicyclic amines) is 1. The van der Waals surface area contributed by atoms with E-state index in [1.807, 2.05) is 6.07 Å².